The molecule has 0 aliphatic rings. The molecule has 1 aromatic rings. The molecular weight excluding hydrogens is 242 g/mol. The topological polar surface area (TPSA) is 63.2 Å². The van der Waals surface area contributed by atoms with Crippen LogP contribution in [0.15, 0.2) is 18.3 Å². The minimum Gasteiger partial charge on any atom is -0.383 e. The van der Waals surface area contributed by atoms with E-state index in [1.807, 2.05) is 6.07 Å². The summed E-state index contributed by atoms with van der Waals surface area (Å²) in [4.78, 5) is 15.9. The van der Waals surface area contributed by atoms with Gasteiger partial charge in [-0.05, 0) is 18.6 Å². The van der Waals surface area contributed by atoms with Gasteiger partial charge in [0.1, 0.15) is 5.69 Å². The van der Waals surface area contributed by atoms with E-state index in [-0.39, 0.29) is 5.91 Å². The van der Waals surface area contributed by atoms with Crippen LogP contribution in [0.25, 0.3) is 0 Å². The Bertz CT molecular complexity index is 365. The maximum Gasteiger partial charge on any atom is 0.269 e. The highest BCUT2D eigenvalue weighted by Crippen LogP contribution is 2.05. The minimum absolute atomic E-state index is 0.112. The molecular formula is C14H23N3O2. The summed E-state index contributed by atoms with van der Waals surface area (Å²) in [6, 6.07) is 3.58. The van der Waals surface area contributed by atoms with Gasteiger partial charge in [0.25, 0.3) is 5.91 Å². The first-order valence-electron chi connectivity index (χ1n) is 6.75. The lowest BCUT2D eigenvalue weighted by Gasteiger charge is -2.07. The Morgan fingerprint density at radius 3 is 2.79 bits per heavy atom. The van der Waals surface area contributed by atoms with Crippen LogP contribution < -0.4 is 10.6 Å². The average molecular weight is 265 g/mol. The summed E-state index contributed by atoms with van der Waals surface area (Å²) < 4.78 is 4.94. The second kappa shape index (κ2) is 9.33. The fraction of sp³-hybridized carbons (Fsp3) is 0.571. The van der Waals surface area contributed by atoms with Gasteiger partial charge in [-0.2, -0.15) is 0 Å². The molecule has 1 heterocycles. The van der Waals surface area contributed by atoms with E-state index in [9.17, 15) is 4.79 Å². The van der Waals surface area contributed by atoms with Gasteiger partial charge in [0, 0.05) is 20.2 Å². The van der Waals surface area contributed by atoms with E-state index in [4.69, 9.17) is 4.74 Å². The quantitative estimate of drug-likeness (QED) is 0.671. The van der Waals surface area contributed by atoms with Crippen molar-refractivity contribution in [1.82, 2.24) is 10.3 Å². The van der Waals surface area contributed by atoms with Gasteiger partial charge >= 0.3 is 0 Å². The van der Waals surface area contributed by atoms with Gasteiger partial charge in [-0.3, -0.25) is 4.79 Å². The first-order valence-corrected chi connectivity index (χ1v) is 6.75. The number of anilines is 1. The zero-order chi connectivity index (χ0) is 13.9. The third-order valence-electron chi connectivity index (χ3n) is 2.70. The molecule has 0 atom stereocenters. The first-order chi connectivity index (χ1) is 9.27. The normalized spacial score (nSPS) is 10.2. The van der Waals surface area contributed by atoms with Crippen molar-refractivity contribution in [3.8, 4) is 0 Å². The molecule has 19 heavy (non-hydrogen) atoms. The number of nitrogens with one attached hydrogen (secondary N) is 2. The van der Waals surface area contributed by atoms with Crippen LogP contribution in [0.3, 0.4) is 0 Å². The number of ether oxygens (including phenoxy) is 1. The van der Waals surface area contributed by atoms with E-state index in [1.165, 1.54) is 0 Å². The molecule has 106 valence electrons. The molecule has 0 saturated carbocycles. The molecule has 1 aromatic heterocycles. The van der Waals surface area contributed by atoms with Gasteiger partial charge in [-0.1, -0.05) is 19.8 Å². The first kappa shape index (κ1) is 15.4. The third-order valence-corrected chi connectivity index (χ3v) is 2.70. The summed E-state index contributed by atoms with van der Waals surface area (Å²) >= 11 is 0. The van der Waals surface area contributed by atoms with E-state index in [0.29, 0.717) is 18.8 Å². The molecule has 0 unspecified atom stereocenters. The van der Waals surface area contributed by atoms with Crippen molar-refractivity contribution in [3.05, 3.63) is 24.0 Å². The molecule has 5 heteroatoms. The lowest BCUT2D eigenvalue weighted by molar-refractivity contribution is 0.0948. The largest absolute Gasteiger partial charge is 0.383 e. The Morgan fingerprint density at radius 2 is 2.16 bits per heavy atom. The van der Waals surface area contributed by atoms with Gasteiger partial charge in [0.05, 0.1) is 18.5 Å². The Kier molecular flexibility index (Phi) is 7.58. The van der Waals surface area contributed by atoms with Crippen LogP contribution in [0, 0.1) is 0 Å². The lowest BCUT2D eigenvalue weighted by atomic mass is 10.2. The molecule has 0 saturated heterocycles. The molecule has 0 aromatic carbocycles. The minimum atomic E-state index is -0.112. The highest BCUT2D eigenvalue weighted by molar-refractivity contribution is 5.92. The van der Waals surface area contributed by atoms with Crippen molar-refractivity contribution in [1.29, 1.82) is 0 Å². The molecule has 0 fully saturated rings. The molecule has 0 radical (unpaired) electrons. The number of hydrogen-bond donors (Lipinski definition) is 2. The van der Waals surface area contributed by atoms with Crippen molar-refractivity contribution in [2.45, 2.75) is 26.2 Å². The number of methoxy groups -OCH3 is 1. The maximum absolute atomic E-state index is 11.8. The van der Waals surface area contributed by atoms with Crippen LogP contribution in [-0.2, 0) is 4.74 Å². The van der Waals surface area contributed by atoms with Crippen molar-refractivity contribution >= 4 is 11.6 Å². The van der Waals surface area contributed by atoms with E-state index in [0.717, 1.165) is 31.5 Å². The average Bonchev–Trinajstić information content (AvgIpc) is 2.44. The zero-order valence-corrected chi connectivity index (χ0v) is 11.7. The molecule has 1 rings (SSSR count). The number of carbonyl (C=O) groups excluding carboxylic acids is 1. The number of rotatable bonds is 9. The summed E-state index contributed by atoms with van der Waals surface area (Å²) in [5, 5.41) is 6.02. The van der Waals surface area contributed by atoms with Crippen molar-refractivity contribution < 1.29 is 9.53 Å². The van der Waals surface area contributed by atoms with Gasteiger partial charge in [0.15, 0.2) is 0 Å². The molecule has 0 spiro atoms. The van der Waals surface area contributed by atoms with E-state index < -0.39 is 0 Å². The third kappa shape index (κ3) is 6.20. The van der Waals surface area contributed by atoms with Gasteiger partial charge in [0.2, 0.25) is 0 Å². The van der Waals surface area contributed by atoms with Crippen molar-refractivity contribution in [2.24, 2.45) is 0 Å². The van der Waals surface area contributed by atoms with Crippen LogP contribution in [0.4, 0.5) is 5.69 Å². The Balaban J connectivity index is 2.35. The number of unbranched alkanes of at least 4 members (excludes halogenated alkanes) is 2. The van der Waals surface area contributed by atoms with Crippen LogP contribution in [0.1, 0.15) is 36.7 Å². The summed E-state index contributed by atoms with van der Waals surface area (Å²) in [5.74, 6) is -0.112. The Labute approximate surface area is 114 Å². The molecule has 0 bridgehead atoms. The fourth-order valence-corrected chi connectivity index (χ4v) is 1.60. The summed E-state index contributed by atoms with van der Waals surface area (Å²) in [5.41, 5.74) is 1.34. The van der Waals surface area contributed by atoms with Gasteiger partial charge < -0.3 is 15.4 Å². The lowest BCUT2D eigenvalue weighted by Crippen LogP contribution is -2.25. The maximum atomic E-state index is 11.8. The van der Waals surface area contributed by atoms with Gasteiger partial charge in [-0.25, -0.2) is 4.98 Å². The smallest absolute Gasteiger partial charge is 0.269 e. The molecule has 1 amide bonds. The SMILES string of the molecule is CCCCCNC(=O)c1ccc(NCCOC)cn1. The van der Waals surface area contributed by atoms with Crippen LogP contribution >= 0.6 is 0 Å². The standard InChI is InChI=1S/C14H23N3O2/c1-3-4-5-8-16-14(18)13-7-6-12(11-17-13)15-9-10-19-2/h6-7,11,15H,3-5,8-10H2,1-2H3,(H,16,18). The zero-order valence-electron chi connectivity index (χ0n) is 11.7. The highest BCUT2D eigenvalue weighted by atomic mass is 16.5. The molecule has 2 N–H and O–H groups in total. The van der Waals surface area contributed by atoms with E-state index >= 15 is 0 Å². The molecule has 0 aliphatic heterocycles. The Hall–Kier alpha value is -1.62. The van der Waals surface area contributed by atoms with E-state index in [2.05, 4.69) is 22.5 Å². The van der Waals surface area contributed by atoms with Crippen molar-refractivity contribution in [3.63, 3.8) is 0 Å². The second-order valence-corrected chi connectivity index (χ2v) is 4.31. The summed E-state index contributed by atoms with van der Waals surface area (Å²) in [7, 11) is 1.66. The van der Waals surface area contributed by atoms with Crippen LogP contribution in [0.5, 0.6) is 0 Å². The van der Waals surface area contributed by atoms with Crippen LogP contribution in [0.2, 0.25) is 0 Å². The van der Waals surface area contributed by atoms with E-state index in [1.54, 1.807) is 19.4 Å². The monoisotopic (exact) mass is 265 g/mol. The predicted molar refractivity (Wildman–Crippen MR) is 76.5 cm³/mol. The number of carbonyl (C=O) groups is 1. The fourth-order valence-electron chi connectivity index (χ4n) is 1.60. The predicted octanol–water partition coefficient (Wildman–Crippen LogP) is 2.06. The number of hydrogen-bond acceptors (Lipinski definition) is 4. The molecule has 5 nitrogen and oxygen atoms in total. The highest BCUT2D eigenvalue weighted by Gasteiger charge is 2.05. The number of nitrogens with zero attached hydrogens (tertiary/aromatic N) is 1. The number of aromatic nitrogens is 1. The van der Waals surface area contributed by atoms with Crippen LogP contribution in [-0.4, -0.2) is 37.7 Å². The summed E-state index contributed by atoms with van der Waals surface area (Å²) in [6.07, 6.45) is 4.96. The second-order valence-electron chi connectivity index (χ2n) is 4.31. The molecule has 0 aliphatic carbocycles. The number of amides is 1. The Morgan fingerprint density at radius 1 is 1.32 bits per heavy atom. The van der Waals surface area contributed by atoms with Gasteiger partial charge in [-0.15, -0.1) is 0 Å². The summed E-state index contributed by atoms with van der Waals surface area (Å²) in [6.45, 7) is 4.21. The number of pyridine rings is 1. The van der Waals surface area contributed by atoms with Crippen molar-refractivity contribution in [2.75, 3.05) is 32.1 Å².